The van der Waals surface area contributed by atoms with Crippen LogP contribution in [0.5, 0.6) is 0 Å². The monoisotopic (exact) mass is 222 g/mol. The largest absolute Gasteiger partial charge is 0.334 e. The summed E-state index contributed by atoms with van der Waals surface area (Å²) < 4.78 is 0. The lowest BCUT2D eigenvalue weighted by Gasteiger charge is -2.17. The molecule has 15 heavy (non-hydrogen) atoms. The predicted octanol–water partition coefficient (Wildman–Crippen LogP) is 2.37. The Balaban J connectivity index is 2.79. The maximum absolute atomic E-state index is 11.6. The van der Waals surface area contributed by atoms with Gasteiger partial charge in [0.15, 0.2) is 0 Å². The standard InChI is InChI=1S/C11H11ClN2O/c1-11(2,7-13)14-10(15)8-3-5-9(12)6-4-8/h3-6H,1-2H3,(H,14,15). The van der Waals surface area contributed by atoms with Crippen LogP contribution < -0.4 is 5.32 Å². The molecule has 0 atom stereocenters. The molecule has 0 aromatic heterocycles. The molecule has 1 N–H and O–H groups in total. The van der Waals surface area contributed by atoms with Gasteiger partial charge in [-0.1, -0.05) is 11.6 Å². The first-order valence-corrected chi connectivity index (χ1v) is 4.82. The fraction of sp³-hybridized carbons (Fsp3) is 0.273. The van der Waals surface area contributed by atoms with Crippen molar-refractivity contribution in [1.29, 1.82) is 5.26 Å². The van der Waals surface area contributed by atoms with Crippen molar-refractivity contribution >= 4 is 17.5 Å². The molecule has 0 aliphatic carbocycles. The van der Waals surface area contributed by atoms with Crippen LogP contribution in [-0.4, -0.2) is 11.4 Å². The Labute approximate surface area is 93.7 Å². The van der Waals surface area contributed by atoms with Crippen LogP contribution in [-0.2, 0) is 0 Å². The van der Waals surface area contributed by atoms with Crippen molar-refractivity contribution in [2.24, 2.45) is 0 Å². The van der Waals surface area contributed by atoms with Crippen LogP contribution in [0.15, 0.2) is 24.3 Å². The van der Waals surface area contributed by atoms with E-state index in [0.29, 0.717) is 10.6 Å². The third kappa shape index (κ3) is 3.26. The molecule has 4 heteroatoms. The SMILES string of the molecule is CC(C)(C#N)NC(=O)c1ccc(Cl)cc1. The summed E-state index contributed by atoms with van der Waals surface area (Å²) in [5.74, 6) is -0.279. The molecule has 0 radical (unpaired) electrons. The molecule has 0 bridgehead atoms. The lowest BCUT2D eigenvalue weighted by atomic mass is 10.1. The van der Waals surface area contributed by atoms with E-state index >= 15 is 0 Å². The number of nitrogens with one attached hydrogen (secondary N) is 1. The molecule has 0 fully saturated rings. The fourth-order valence-corrected chi connectivity index (χ4v) is 1.11. The molecule has 1 amide bonds. The maximum Gasteiger partial charge on any atom is 0.252 e. The van der Waals surface area contributed by atoms with Crippen molar-refractivity contribution in [3.63, 3.8) is 0 Å². The number of carbonyl (C=O) groups is 1. The molecular weight excluding hydrogens is 212 g/mol. The molecule has 3 nitrogen and oxygen atoms in total. The van der Waals surface area contributed by atoms with Gasteiger partial charge >= 0.3 is 0 Å². The van der Waals surface area contributed by atoms with Crippen LogP contribution in [0.25, 0.3) is 0 Å². The lowest BCUT2D eigenvalue weighted by molar-refractivity contribution is 0.0929. The van der Waals surface area contributed by atoms with Gasteiger partial charge in [0, 0.05) is 10.6 Å². The van der Waals surface area contributed by atoms with Gasteiger partial charge in [0.1, 0.15) is 5.54 Å². The van der Waals surface area contributed by atoms with E-state index in [1.807, 2.05) is 6.07 Å². The van der Waals surface area contributed by atoms with Crippen LogP contribution in [0.2, 0.25) is 5.02 Å². The summed E-state index contributed by atoms with van der Waals surface area (Å²) in [5, 5.41) is 11.9. The quantitative estimate of drug-likeness (QED) is 0.835. The molecule has 0 unspecified atom stereocenters. The van der Waals surface area contributed by atoms with Crippen molar-refractivity contribution < 1.29 is 4.79 Å². The third-order valence-corrected chi connectivity index (χ3v) is 2.06. The molecule has 0 aliphatic heterocycles. The summed E-state index contributed by atoms with van der Waals surface area (Å²) >= 11 is 5.69. The Morgan fingerprint density at radius 3 is 2.40 bits per heavy atom. The molecule has 0 saturated heterocycles. The zero-order valence-corrected chi connectivity index (χ0v) is 9.30. The normalized spacial score (nSPS) is 10.5. The predicted molar refractivity (Wildman–Crippen MR) is 58.6 cm³/mol. The fourth-order valence-electron chi connectivity index (χ4n) is 0.985. The average molecular weight is 223 g/mol. The second-order valence-corrected chi connectivity index (χ2v) is 4.13. The maximum atomic E-state index is 11.6. The average Bonchev–Trinajstić information content (AvgIpc) is 2.18. The van der Waals surface area contributed by atoms with Gasteiger partial charge in [-0.05, 0) is 38.1 Å². The number of halogens is 1. The van der Waals surface area contributed by atoms with Gasteiger partial charge in [-0.15, -0.1) is 0 Å². The smallest absolute Gasteiger partial charge is 0.252 e. The summed E-state index contributed by atoms with van der Waals surface area (Å²) in [7, 11) is 0. The van der Waals surface area contributed by atoms with Crippen LogP contribution in [0, 0.1) is 11.3 Å². The number of amides is 1. The highest BCUT2D eigenvalue weighted by atomic mass is 35.5. The zero-order chi connectivity index (χ0) is 11.5. The van der Waals surface area contributed by atoms with Crippen LogP contribution in [0.1, 0.15) is 24.2 Å². The van der Waals surface area contributed by atoms with Crippen LogP contribution in [0.4, 0.5) is 0 Å². The molecule has 0 heterocycles. The Hall–Kier alpha value is -1.53. The summed E-state index contributed by atoms with van der Waals surface area (Å²) in [6.07, 6.45) is 0. The summed E-state index contributed by atoms with van der Waals surface area (Å²) in [5.41, 5.74) is -0.376. The van der Waals surface area contributed by atoms with E-state index in [1.54, 1.807) is 38.1 Å². The Kier molecular flexibility index (Phi) is 3.33. The van der Waals surface area contributed by atoms with Crippen LogP contribution in [0.3, 0.4) is 0 Å². The molecule has 1 rings (SSSR count). The third-order valence-electron chi connectivity index (χ3n) is 1.81. The van der Waals surface area contributed by atoms with Crippen LogP contribution >= 0.6 is 11.6 Å². The lowest BCUT2D eigenvalue weighted by Crippen LogP contribution is -2.42. The number of nitriles is 1. The van der Waals surface area contributed by atoms with E-state index in [9.17, 15) is 4.79 Å². The first kappa shape index (κ1) is 11.5. The van der Waals surface area contributed by atoms with Gasteiger partial charge in [0.2, 0.25) is 0 Å². The Morgan fingerprint density at radius 2 is 1.93 bits per heavy atom. The topological polar surface area (TPSA) is 52.9 Å². The molecule has 1 aromatic rings. The van der Waals surface area contributed by atoms with Gasteiger partial charge in [0.05, 0.1) is 6.07 Å². The van der Waals surface area contributed by atoms with Gasteiger partial charge in [-0.2, -0.15) is 5.26 Å². The van der Waals surface area contributed by atoms with E-state index in [4.69, 9.17) is 16.9 Å². The first-order valence-electron chi connectivity index (χ1n) is 4.44. The van der Waals surface area contributed by atoms with Gasteiger partial charge in [0.25, 0.3) is 5.91 Å². The number of hydrogen-bond donors (Lipinski definition) is 1. The van der Waals surface area contributed by atoms with Crippen molar-refractivity contribution in [2.45, 2.75) is 19.4 Å². The minimum Gasteiger partial charge on any atom is -0.334 e. The number of benzene rings is 1. The minimum absolute atomic E-state index is 0.279. The number of carbonyl (C=O) groups excluding carboxylic acids is 1. The van der Waals surface area contributed by atoms with Gasteiger partial charge in [-0.3, -0.25) is 4.79 Å². The minimum atomic E-state index is -0.864. The molecule has 0 spiro atoms. The molecule has 78 valence electrons. The summed E-state index contributed by atoms with van der Waals surface area (Å²) in [6.45, 7) is 3.28. The first-order chi connectivity index (χ1) is 6.94. The molecule has 1 aromatic carbocycles. The van der Waals surface area contributed by atoms with Crippen molar-refractivity contribution in [3.05, 3.63) is 34.9 Å². The Morgan fingerprint density at radius 1 is 1.40 bits per heavy atom. The van der Waals surface area contributed by atoms with E-state index in [-0.39, 0.29) is 5.91 Å². The van der Waals surface area contributed by atoms with Crippen molar-refractivity contribution in [2.75, 3.05) is 0 Å². The van der Waals surface area contributed by atoms with E-state index < -0.39 is 5.54 Å². The van der Waals surface area contributed by atoms with E-state index in [1.165, 1.54) is 0 Å². The Bertz CT molecular complexity index is 404. The second-order valence-electron chi connectivity index (χ2n) is 3.70. The van der Waals surface area contributed by atoms with Crippen molar-refractivity contribution in [3.8, 4) is 6.07 Å². The molecule has 0 saturated carbocycles. The number of rotatable bonds is 2. The highest BCUT2D eigenvalue weighted by Gasteiger charge is 2.19. The van der Waals surface area contributed by atoms with Gasteiger partial charge < -0.3 is 5.32 Å². The zero-order valence-electron chi connectivity index (χ0n) is 8.54. The molecule has 0 aliphatic rings. The molecular formula is C11H11ClN2O. The second kappa shape index (κ2) is 4.33. The van der Waals surface area contributed by atoms with Crippen molar-refractivity contribution in [1.82, 2.24) is 5.32 Å². The summed E-state index contributed by atoms with van der Waals surface area (Å²) in [4.78, 5) is 11.6. The highest BCUT2D eigenvalue weighted by molar-refractivity contribution is 6.30. The summed E-state index contributed by atoms with van der Waals surface area (Å²) in [6, 6.07) is 8.50. The number of nitrogens with zero attached hydrogens (tertiary/aromatic N) is 1. The highest BCUT2D eigenvalue weighted by Crippen LogP contribution is 2.10. The number of hydrogen-bond acceptors (Lipinski definition) is 2. The van der Waals surface area contributed by atoms with E-state index in [0.717, 1.165) is 0 Å². The van der Waals surface area contributed by atoms with Gasteiger partial charge in [-0.25, -0.2) is 0 Å². The van der Waals surface area contributed by atoms with E-state index in [2.05, 4.69) is 5.32 Å².